The lowest BCUT2D eigenvalue weighted by Crippen LogP contribution is -2.43. The largest absolute Gasteiger partial charge is 0.325 e. The van der Waals surface area contributed by atoms with Gasteiger partial charge in [0.1, 0.15) is 23.1 Å². The average Bonchev–Trinajstić information content (AvgIpc) is 3.37. The van der Waals surface area contributed by atoms with Crippen molar-refractivity contribution in [3.63, 3.8) is 0 Å². The summed E-state index contributed by atoms with van der Waals surface area (Å²) in [5.74, 6) is -0.849. The highest BCUT2D eigenvalue weighted by Crippen LogP contribution is 2.41. The number of hydrogen-bond acceptors (Lipinski definition) is 6. The van der Waals surface area contributed by atoms with Crippen molar-refractivity contribution in [1.82, 2.24) is 19.0 Å². The van der Waals surface area contributed by atoms with Crippen molar-refractivity contribution in [2.75, 3.05) is 11.9 Å². The van der Waals surface area contributed by atoms with Crippen LogP contribution in [0.4, 0.5) is 10.5 Å². The molecule has 1 fully saturated rings. The molecule has 28 heavy (non-hydrogen) atoms. The SMILES string of the molecule is O=C(CN1C(=O)N[C@@]2(CCc3ccccc32)C1=O)Nc1cccc2nsnc12. The molecule has 0 bridgehead atoms. The predicted molar refractivity (Wildman–Crippen MR) is 103 cm³/mol. The maximum atomic E-state index is 13.1. The second-order valence-corrected chi connectivity index (χ2v) is 7.40. The Morgan fingerprint density at radius 2 is 2.04 bits per heavy atom. The summed E-state index contributed by atoms with van der Waals surface area (Å²) in [5.41, 5.74) is 2.56. The monoisotopic (exact) mass is 393 g/mol. The molecular formula is C19H15N5O3S. The Labute approximate surface area is 163 Å². The normalized spacial score (nSPS) is 20.6. The maximum Gasteiger partial charge on any atom is 0.325 e. The number of nitrogens with one attached hydrogen (secondary N) is 2. The second-order valence-electron chi connectivity index (χ2n) is 6.87. The number of urea groups is 1. The van der Waals surface area contributed by atoms with Crippen molar-refractivity contribution in [3.8, 4) is 0 Å². The van der Waals surface area contributed by atoms with E-state index in [-0.39, 0.29) is 12.5 Å². The molecule has 8 nitrogen and oxygen atoms in total. The summed E-state index contributed by atoms with van der Waals surface area (Å²) in [5, 5.41) is 5.55. The van der Waals surface area contributed by atoms with Gasteiger partial charge < -0.3 is 10.6 Å². The number of carbonyl (C=O) groups excluding carboxylic acids is 3. The minimum absolute atomic E-state index is 0.359. The Morgan fingerprint density at radius 1 is 1.18 bits per heavy atom. The second kappa shape index (κ2) is 6.10. The number of amides is 4. The number of rotatable bonds is 3. The molecular weight excluding hydrogens is 378 g/mol. The van der Waals surface area contributed by atoms with Crippen molar-refractivity contribution in [2.24, 2.45) is 0 Å². The molecule has 1 aliphatic heterocycles. The van der Waals surface area contributed by atoms with Crippen molar-refractivity contribution < 1.29 is 14.4 Å². The molecule has 3 aromatic rings. The van der Waals surface area contributed by atoms with E-state index >= 15 is 0 Å². The first-order valence-corrected chi connectivity index (χ1v) is 9.55. The number of hydrogen-bond donors (Lipinski definition) is 2. The van der Waals surface area contributed by atoms with Gasteiger partial charge in [-0.2, -0.15) is 8.75 Å². The van der Waals surface area contributed by atoms with Gasteiger partial charge in [-0.3, -0.25) is 14.5 Å². The standard InChI is InChI=1S/C19H15N5O3S/c25-15(20-13-6-3-7-14-16(13)23-28-22-14)10-24-17(26)19(21-18(24)27)9-8-11-4-1-2-5-12(11)19/h1-7H,8-10H2,(H,20,25)(H,21,27)/t19-/m1/s1. The van der Waals surface area contributed by atoms with Gasteiger partial charge in [-0.25, -0.2) is 4.79 Å². The van der Waals surface area contributed by atoms with Crippen LogP contribution in [0.1, 0.15) is 17.5 Å². The van der Waals surface area contributed by atoms with Crippen LogP contribution in [0.5, 0.6) is 0 Å². The lowest BCUT2D eigenvalue weighted by Gasteiger charge is -2.22. The zero-order chi connectivity index (χ0) is 19.3. The maximum absolute atomic E-state index is 13.1. The van der Waals surface area contributed by atoms with Crippen LogP contribution in [-0.4, -0.2) is 38.0 Å². The van der Waals surface area contributed by atoms with E-state index < -0.39 is 17.5 Å². The van der Waals surface area contributed by atoms with Crippen LogP contribution in [0.25, 0.3) is 11.0 Å². The molecule has 0 saturated carbocycles. The van der Waals surface area contributed by atoms with E-state index in [0.29, 0.717) is 29.6 Å². The first-order valence-electron chi connectivity index (χ1n) is 8.82. The van der Waals surface area contributed by atoms with Crippen LogP contribution < -0.4 is 10.6 Å². The molecule has 1 spiro atoms. The van der Waals surface area contributed by atoms with E-state index in [1.54, 1.807) is 18.2 Å². The zero-order valence-electron chi connectivity index (χ0n) is 14.6. The number of aryl methyl sites for hydroxylation is 1. The topological polar surface area (TPSA) is 104 Å². The molecule has 1 aromatic heterocycles. The molecule has 2 heterocycles. The number of benzene rings is 2. The molecule has 140 valence electrons. The van der Waals surface area contributed by atoms with E-state index in [2.05, 4.69) is 19.4 Å². The average molecular weight is 393 g/mol. The summed E-state index contributed by atoms with van der Waals surface area (Å²) in [6.45, 7) is -0.359. The van der Waals surface area contributed by atoms with Gasteiger partial charge in [0.15, 0.2) is 0 Å². The van der Waals surface area contributed by atoms with E-state index in [9.17, 15) is 14.4 Å². The first-order chi connectivity index (χ1) is 13.6. The fourth-order valence-corrected chi connectivity index (χ4v) is 4.52. The molecule has 2 N–H and O–H groups in total. The molecule has 5 rings (SSSR count). The van der Waals surface area contributed by atoms with Crippen LogP contribution in [0.2, 0.25) is 0 Å². The number of carbonyl (C=O) groups is 3. The van der Waals surface area contributed by atoms with E-state index in [4.69, 9.17) is 0 Å². The Balaban J connectivity index is 1.38. The minimum Gasteiger partial charge on any atom is -0.323 e. The smallest absolute Gasteiger partial charge is 0.323 e. The third-order valence-corrected chi connectivity index (χ3v) is 5.83. The van der Waals surface area contributed by atoms with Crippen LogP contribution >= 0.6 is 11.7 Å². The minimum atomic E-state index is -1.06. The predicted octanol–water partition coefficient (Wildman–Crippen LogP) is 2.02. The van der Waals surface area contributed by atoms with Crippen molar-refractivity contribution in [1.29, 1.82) is 0 Å². The lowest BCUT2D eigenvalue weighted by molar-refractivity contribution is -0.134. The van der Waals surface area contributed by atoms with Gasteiger partial charge in [-0.1, -0.05) is 30.3 Å². The Bertz CT molecular complexity index is 1140. The number of anilines is 1. The van der Waals surface area contributed by atoms with Crippen LogP contribution in [0.15, 0.2) is 42.5 Å². The molecule has 1 aliphatic carbocycles. The van der Waals surface area contributed by atoms with Crippen molar-refractivity contribution in [2.45, 2.75) is 18.4 Å². The molecule has 1 saturated heterocycles. The third kappa shape index (κ3) is 2.40. The van der Waals surface area contributed by atoms with Gasteiger partial charge >= 0.3 is 6.03 Å². The summed E-state index contributed by atoms with van der Waals surface area (Å²) in [6, 6.07) is 12.3. The van der Waals surface area contributed by atoms with Gasteiger partial charge in [-0.15, -0.1) is 0 Å². The number of nitrogens with zero attached hydrogens (tertiary/aromatic N) is 3. The van der Waals surface area contributed by atoms with Gasteiger partial charge in [0.25, 0.3) is 5.91 Å². The van der Waals surface area contributed by atoms with Gasteiger partial charge in [0, 0.05) is 0 Å². The molecule has 1 atom stereocenters. The summed E-state index contributed by atoms with van der Waals surface area (Å²) in [6.07, 6.45) is 1.21. The van der Waals surface area contributed by atoms with E-state index in [1.165, 1.54) is 0 Å². The van der Waals surface area contributed by atoms with Crippen molar-refractivity contribution in [3.05, 3.63) is 53.6 Å². The summed E-state index contributed by atoms with van der Waals surface area (Å²) >= 11 is 1.05. The van der Waals surface area contributed by atoms with Crippen LogP contribution in [0, 0.1) is 0 Å². The molecule has 4 amide bonds. The summed E-state index contributed by atoms with van der Waals surface area (Å²) < 4.78 is 8.31. The third-order valence-electron chi connectivity index (χ3n) is 5.28. The number of fused-ring (bicyclic) bond motifs is 3. The highest BCUT2D eigenvalue weighted by molar-refractivity contribution is 7.00. The molecule has 2 aromatic carbocycles. The summed E-state index contributed by atoms with van der Waals surface area (Å²) in [7, 11) is 0. The molecule has 0 radical (unpaired) electrons. The van der Waals surface area contributed by atoms with Gasteiger partial charge in [-0.05, 0) is 36.1 Å². The van der Waals surface area contributed by atoms with Gasteiger partial charge in [0.05, 0.1) is 17.4 Å². The van der Waals surface area contributed by atoms with Crippen LogP contribution in [0.3, 0.4) is 0 Å². The zero-order valence-corrected chi connectivity index (χ0v) is 15.5. The highest BCUT2D eigenvalue weighted by atomic mass is 32.1. The Hall–Kier alpha value is -3.33. The number of imide groups is 1. The Morgan fingerprint density at radius 3 is 2.93 bits per heavy atom. The number of aromatic nitrogens is 2. The lowest BCUT2D eigenvalue weighted by atomic mass is 9.92. The molecule has 9 heteroatoms. The molecule has 2 aliphatic rings. The van der Waals surface area contributed by atoms with Crippen LogP contribution in [-0.2, 0) is 21.5 Å². The summed E-state index contributed by atoms with van der Waals surface area (Å²) in [4.78, 5) is 39.1. The quantitative estimate of drug-likeness (QED) is 0.663. The Kier molecular flexibility index (Phi) is 3.66. The highest BCUT2D eigenvalue weighted by Gasteiger charge is 2.55. The van der Waals surface area contributed by atoms with E-state index in [1.807, 2.05) is 24.3 Å². The fraction of sp³-hybridized carbons (Fsp3) is 0.211. The van der Waals surface area contributed by atoms with Crippen molar-refractivity contribution >= 4 is 46.3 Å². The molecule has 0 unspecified atom stereocenters. The first kappa shape index (κ1) is 16.8. The van der Waals surface area contributed by atoms with E-state index in [0.717, 1.165) is 27.8 Å². The van der Waals surface area contributed by atoms with Gasteiger partial charge in [0.2, 0.25) is 5.91 Å². The fourth-order valence-electron chi connectivity index (χ4n) is 3.97.